The molecule has 27 heavy (non-hydrogen) atoms. The summed E-state index contributed by atoms with van der Waals surface area (Å²) in [6.07, 6.45) is 9.58. The van der Waals surface area contributed by atoms with Gasteiger partial charge in [0, 0.05) is 5.75 Å². The second-order valence-corrected chi connectivity index (χ2v) is 7.53. The lowest BCUT2D eigenvalue weighted by Crippen LogP contribution is -2.29. The third-order valence-electron chi connectivity index (χ3n) is 4.60. The number of rotatable bonds is 8. The predicted octanol–water partition coefficient (Wildman–Crippen LogP) is 4.83. The van der Waals surface area contributed by atoms with Crippen molar-refractivity contribution in [3.8, 4) is 0 Å². The van der Waals surface area contributed by atoms with Crippen LogP contribution < -0.4 is 5.84 Å². The summed E-state index contributed by atoms with van der Waals surface area (Å²) in [5.41, 5.74) is 3.58. The van der Waals surface area contributed by atoms with Gasteiger partial charge in [-0.2, -0.15) is 5.11 Å². The van der Waals surface area contributed by atoms with Crippen LogP contribution in [-0.2, 0) is 9.54 Å². The van der Waals surface area contributed by atoms with Crippen LogP contribution in [0.3, 0.4) is 0 Å². The Bertz CT molecular complexity index is 792. The van der Waals surface area contributed by atoms with Gasteiger partial charge < -0.3 is 10.6 Å². The zero-order valence-electron chi connectivity index (χ0n) is 15.1. The van der Waals surface area contributed by atoms with E-state index in [1.165, 1.54) is 16.7 Å². The Morgan fingerprint density at radius 2 is 1.67 bits per heavy atom. The molecular formula is C22H23N3OS. The fourth-order valence-electron chi connectivity index (χ4n) is 3.37. The minimum Gasteiger partial charge on any atom is -0.305 e. The van der Waals surface area contributed by atoms with E-state index in [-0.39, 0.29) is 0 Å². The quantitative estimate of drug-likeness (QED) is 0.310. The van der Waals surface area contributed by atoms with Crippen LogP contribution in [0.1, 0.15) is 24.0 Å². The predicted molar refractivity (Wildman–Crippen MR) is 111 cm³/mol. The van der Waals surface area contributed by atoms with Gasteiger partial charge in [0.25, 0.3) is 0 Å². The maximum absolute atomic E-state index is 11.4. The maximum atomic E-state index is 11.4. The highest BCUT2D eigenvalue weighted by Gasteiger charge is 2.38. The Balaban J connectivity index is 2.14. The van der Waals surface area contributed by atoms with Gasteiger partial charge in [0.2, 0.25) is 0 Å². The topological polar surface area (TPSA) is 67.8 Å². The number of nitrogens with zero attached hydrogens (tertiary/aromatic N) is 2. The first-order chi connectivity index (χ1) is 13.3. The van der Waals surface area contributed by atoms with Crippen molar-refractivity contribution in [1.29, 1.82) is 0 Å². The molecule has 0 unspecified atom stereocenters. The van der Waals surface area contributed by atoms with Crippen molar-refractivity contribution >= 4 is 18.0 Å². The first kappa shape index (κ1) is 19.1. The van der Waals surface area contributed by atoms with Crippen molar-refractivity contribution in [1.82, 2.24) is 0 Å². The van der Waals surface area contributed by atoms with Crippen molar-refractivity contribution in [2.45, 2.75) is 23.6 Å². The monoisotopic (exact) mass is 377 g/mol. The lowest BCUT2D eigenvalue weighted by molar-refractivity contribution is -0.108. The van der Waals surface area contributed by atoms with Crippen LogP contribution in [0.25, 0.3) is 0 Å². The van der Waals surface area contributed by atoms with E-state index >= 15 is 0 Å². The average molecular weight is 378 g/mol. The van der Waals surface area contributed by atoms with Crippen molar-refractivity contribution in [2.24, 2.45) is 16.2 Å². The van der Waals surface area contributed by atoms with E-state index in [0.717, 1.165) is 19.1 Å². The van der Waals surface area contributed by atoms with Gasteiger partial charge in [-0.1, -0.05) is 84.1 Å². The molecule has 2 N–H and O–H groups in total. The number of hydrogen-bond donors (Lipinski definition) is 1. The standard InChI is InChI=1S/C22H23N3OS/c23-25-24-21(16-26)17-27-22(18-10-4-1-5-11-18,19-12-6-2-7-13-19)20-14-8-3-9-15-20/h1-2,4-8,10-16,21H,3,9,17H2,(H2,23,24)/t21-/m1/s1. The number of nitrogens with two attached hydrogens (primary N) is 1. The molecule has 0 fully saturated rings. The molecule has 0 aliphatic heterocycles. The normalized spacial score (nSPS) is 15.5. The SMILES string of the molecule is NN=N[C@H](C=O)CSC(C1=CCCC=C1)(c1ccccc1)c1ccccc1. The summed E-state index contributed by atoms with van der Waals surface area (Å²) in [5.74, 6) is 5.66. The van der Waals surface area contributed by atoms with Gasteiger partial charge in [-0.25, -0.2) is 0 Å². The van der Waals surface area contributed by atoms with Crippen LogP contribution >= 0.6 is 11.8 Å². The lowest BCUT2D eigenvalue weighted by Gasteiger charge is -2.37. The van der Waals surface area contributed by atoms with Crippen LogP contribution in [0.2, 0.25) is 0 Å². The highest BCUT2D eigenvalue weighted by atomic mass is 32.2. The maximum Gasteiger partial charge on any atom is 0.147 e. The third-order valence-corrected chi connectivity index (χ3v) is 6.25. The molecule has 0 saturated carbocycles. The molecule has 2 aromatic rings. The number of allylic oxidation sites excluding steroid dienone is 3. The van der Waals surface area contributed by atoms with E-state index in [2.05, 4.69) is 77.1 Å². The molecule has 0 radical (unpaired) electrons. The third kappa shape index (κ3) is 4.19. The molecule has 0 bridgehead atoms. The van der Waals surface area contributed by atoms with E-state index in [1.54, 1.807) is 11.8 Å². The fraction of sp³-hybridized carbons (Fsp3) is 0.227. The Kier molecular flexibility index (Phi) is 6.60. The van der Waals surface area contributed by atoms with Crippen molar-refractivity contribution in [3.63, 3.8) is 0 Å². The van der Waals surface area contributed by atoms with Gasteiger partial charge in [0.15, 0.2) is 0 Å². The van der Waals surface area contributed by atoms with Crippen molar-refractivity contribution in [3.05, 3.63) is 95.6 Å². The van der Waals surface area contributed by atoms with Crippen LogP contribution in [-0.4, -0.2) is 18.1 Å². The summed E-state index contributed by atoms with van der Waals surface area (Å²) >= 11 is 1.69. The smallest absolute Gasteiger partial charge is 0.147 e. The Hall–Kier alpha value is -2.66. The zero-order chi connectivity index (χ0) is 19.0. The Morgan fingerprint density at radius 1 is 1.04 bits per heavy atom. The molecule has 0 amide bonds. The summed E-state index contributed by atoms with van der Waals surface area (Å²) in [6, 6.07) is 20.3. The Labute approximate surface area is 164 Å². The minimum absolute atomic E-state index is 0.426. The molecule has 0 heterocycles. The Morgan fingerprint density at radius 3 is 2.15 bits per heavy atom. The number of aldehydes is 1. The minimum atomic E-state index is -0.569. The van der Waals surface area contributed by atoms with Gasteiger partial charge in [-0.3, -0.25) is 0 Å². The van der Waals surface area contributed by atoms with Crippen LogP contribution in [0.15, 0.2) is 94.8 Å². The molecule has 0 saturated heterocycles. The fourth-order valence-corrected chi connectivity index (χ4v) is 4.86. The zero-order valence-corrected chi connectivity index (χ0v) is 15.9. The molecule has 0 aromatic heterocycles. The molecule has 1 aliphatic rings. The van der Waals surface area contributed by atoms with Gasteiger partial charge >= 0.3 is 0 Å². The number of benzene rings is 2. The number of carbonyl (C=O) groups is 1. The molecule has 2 aromatic carbocycles. The van der Waals surface area contributed by atoms with Gasteiger partial charge in [-0.15, -0.1) is 11.8 Å². The van der Waals surface area contributed by atoms with E-state index in [9.17, 15) is 4.79 Å². The molecule has 4 nitrogen and oxygen atoms in total. The second kappa shape index (κ2) is 9.33. The number of thioether (sulfide) groups is 1. The van der Waals surface area contributed by atoms with E-state index < -0.39 is 10.8 Å². The summed E-state index contributed by atoms with van der Waals surface area (Å²) in [7, 11) is 0. The molecule has 0 spiro atoms. The van der Waals surface area contributed by atoms with Crippen molar-refractivity contribution in [2.75, 3.05) is 5.75 Å². The van der Waals surface area contributed by atoms with Gasteiger partial charge in [0.05, 0.1) is 4.75 Å². The molecule has 3 rings (SSSR count). The van der Waals surface area contributed by atoms with Gasteiger partial charge in [0.1, 0.15) is 12.3 Å². The van der Waals surface area contributed by atoms with Crippen molar-refractivity contribution < 1.29 is 4.79 Å². The largest absolute Gasteiger partial charge is 0.305 e. The summed E-state index contributed by atoms with van der Waals surface area (Å²) in [4.78, 5) is 11.4. The van der Waals surface area contributed by atoms with E-state index in [1.807, 2.05) is 12.1 Å². The summed E-state index contributed by atoms with van der Waals surface area (Å²) in [6.45, 7) is 0. The van der Waals surface area contributed by atoms with E-state index in [4.69, 9.17) is 5.84 Å². The first-order valence-electron chi connectivity index (χ1n) is 8.99. The highest BCUT2D eigenvalue weighted by molar-refractivity contribution is 8.00. The number of carbonyl (C=O) groups excluding carboxylic acids is 1. The molecular weight excluding hydrogens is 354 g/mol. The number of hydrogen-bond acceptors (Lipinski definition) is 4. The van der Waals surface area contributed by atoms with Crippen LogP contribution in [0.4, 0.5) is 0 Å². The first-order valence-corrected chi connectivity index (χ1v) is 9.97. The molecule has 5 heteroatoms. The van der Waals surface area contributed by atoms with Crippen LogP contribution in [0, 0.1) is 0 Å². The molecule has 1 atom stereocenters. The lowest BCUT2D eigenvalue weighted by atomic mass is 9.81. The highest BCUT2D eigenvalue weighted by Crippen LogP contribution is 2.50. The molecule has 1 aliphatic carbocycles. The van der Waals surface area contributed by atoms with Gasteiger partial charge in [-0.05, 0) is 29.5 Å². The molecule has 138 valence electrons. The van der Waals surface area contributed by atoms with E-state index in [0.29, 0.717) is 5.75 Å². The average Bonchev–Trinajstić information content (AvgIpc) is 2.75. The van der Waals surface area contributed by atoms with Crippen LogP contribution in [0.5, 0.6) is 0 Å². The summed E-state index contributed by atoms with van der Waals surface area (Å²) in [5, 5.41) is 7.17. The second-order valence-electron chi connectivity index (χ2n) is 6.30. The summed E-state index contributed by atoms with van der Waals surface area (Å²) < 4.78 is -0.426.